The molecule has 1 aliphatic rings. The Labute approximate surface area is 134 Å². The van der Waals surface area contributed by atoms with Crippen LogP contribution in [-0.4, -0.2) is 33.9 Å². The van der Waals surface area contributed by atoms with Crippen LogP contribution >= 0.6 is 0 Å². The van der Waals surface area contributed by atoms with E-state index in [9.17, 15) is 9.18 Å². The summed E-state index contributed by atoms with van der Waals surface area (Å²) in [6.07, 6.45) is 7.39. The summed E-state index contributed by atoms with van der Waals surface area (Å²) in [6, 6.07) is 6.10. The van der Waals surface area contributed by atoms with Crippen molar-refractivity contribution in [2.45, 2.75) is 25.7 Å². The number of anilines is 2. The predicted octanol–water partition coefficient (Wildman–Crippen LogP) is 3.38. The maximum absolute atomic E-state index is 13.2. The van der Waals surface area contributed by atoms with Gasteiger partial charge in [-0.05, 0) is 31.0 Å². The third-order valence-electron chi connectivity index (χ3n) is 3.86. The lowest BCUT2D eigenvalue weighted by Crippen LogP contribution is -2.32. The van der Waals surface area contributed by atoms with E-state index in [0.29, 0.717) is 17.2 Å². The van der Waals surface area contributed by atoms with Crippen LogP contribution in [0.15, 0.2) is 36.7 Å². The van der Waals surface area contributed by atoms with Crippen molar-refractivity contribution in [1.29, 1.82) is 0 Å². The number of likely N-dealkylation sites (tertiary alicyclic amines) is 1. The van der Waals surface area contributed by atoms with E-state index in [2.05, 4.69) is 15.3 Å². The highest BCUT2D eigenvalue weighted by Gasteiger charge is 2.18. The third kappa shape index (κ3) is 4.03. The molecule has 0 spiro atoms. The van der Waals surface area contributed by atoms with Gasteiger partial charge >= 0.3 is 0 Å². The molecule has 1 aromatic carbocycles. The van der Waals surface area contributed by atoms with Crippen LogP contribution in [0.5, 0.6) is 0 Å². The van der Waals surface area contributed by atoms with Crippen molar-refractivity contribution < 1.29 is 9.18 Å². The van der Waals surface area contributed by atoms with Gasteiger partial charge < -0.3 is 10.2 Å². The fourth-order valence-electron chi connectivity index (χ4n) is 2.65. The van der Waals surface area contributed by atoms with Gasteiger partial charge in [-0.25, -0.2) is 14.4 Å². The number of carbonyl (C=O) groups excluding carboxylic acids is 1. The highest BCUT2D eigenvalue weighted by molar-refractivity contribution is 5.92. The summed E-state index contributed by atoms with van der Waals surface area (Å²) in [7, 11) is 0. The number of amides is 1. The minimum atomic E-state index is -0.323. The predicted molar refractivity (Wildman–Crippen MR) is 86.1 cm³/mol. The van der Waals surface area contributed by atoms with Crippen LogP contribution in [0.1, 0.15) is 36.2 Å². The smallest absolute Gasteiger partial charge is 0.274 e. The van der Waals surface area contributed by atoms with Gasteiger partial charge in [-0.15, -0.1) is 0 Å². The average molecular weight is 314 g/mol. The summed E-state index contributed by atoms with van der Waals surface area (Å²) in [6.45, 7) is 1.56. The number of aromatic nitrogens is 2. The van der Waals surface area contributed by atoms with E-state index in [4.69, 9.17) is 0 Å². The molecule has 1 aromatic heterocycles. The van der Waals surface area contributed by atoms with Crippen molar-refractivity contribution in [3.8, 4) is 0 Å². The molecule has 3 rings (SSSR count). The molecule has 1 aliphatic heterocycles. The Hall–Kier alpha value is -2.50. The number of nitrogens with zero attached hydrogens (tertiary/aromatic N) is 3. The SMILES string of the molecule is O=C(c1cnc(Nc2cccc(F)c2)cn1)N1CCCCCC1. The van der Waals surface area contributed by atoms with Gasteiger partial charge in [-0.3, -0.25) is 4.79 Å². The first-order valence-corrected chi connectivity index (χ1v) is 7.86. The Balaban J connectivity index is 1.67. The molecule has 1 N–H and O–H groups in total. The molecule has 2 heterocycles. The van der Waals surface area contributed by atoms with E-state index in [1.807, 2.05) is 4.90 Å². The van der Waals surface area contributed by atoms with Crippen LogP contribution in [0.25, 0.3) is 0 Å². The molecule has 6 heteroatoms. The lowest BCUT2D eigenvalue weighted by molar-refractivity contribution is 0.0755. The Morgan fingerprint density at radius 2 is 1.87 bits per heavy atom. The molecular formula is C17H19FN4O. The van der Waals surface area contributed by atoms with Gasteiger partial charge in [0.25, 0.3) is 5.91 Å². The zero-order valence-corrected chi connectivity index (χ0v) is 12.8. The maximum Gasteiger partial charge on any atom is 0.274 e. The second kappa shape index (κ2) is 7.17. The molecule has 23 heavy (non-hydrogen) atoms. The van der Waals surface area contributed by atoms with Crippen molar-refractivity contribution in [3.05, 3.63) is 48.2 Å². The summed E-state index contributed by atoms with van der Waals surface area (Å²) in [4.78, 5) is 22.7. The highest BCUT2D eigenvalue weighted by atomic mass is 19.1. The van der Waals surface area contributed by atoms with Crippen molar-refractivity contribution in [3.63, 3.8) is 0 Å². The van der Waals surface area contributed by atoms with Gasteiger partial charge in [-0.2, -0.15) is 0 Å². The van der Waals surface area contributed by atoms with Crippen LogP contribution in [0.2, 0.25) is 0 Å². The number of hydrogen-bond donors (Lipinski definition) is 1. The van der Waals surface area contributed by atoms with E-state index in [-0.39, 0.29) is 11.7 Å². The Morgan fingerprint density at radius 3 is 2.52 bits per heavy atom. The van der Waals surface area contributed by atoms with Crippen LogP contribution in [0.4, 0.5) is 15.9 Å². The first-order chi connectivity index (χ1) is 11.2. The second-order valence-corrected chi connectivity index (χ2v) is 5.63. The number of benzene rings is 1. The summed E-state index contributed by atoms with van der Waals surface area (Å²) >= 11 is 0. The molecule has 0 atom stereocenters. The number of nitrogens with one attached hydrogen (secondary N) is 1. The van der Waals surface area contributed by atoms with E-state index < -0.39 is 0 Å². The van der Waals surface area contributed by atoms with E-state index in [0.717, 1.165) is 25.9 Å². The average Bonchev–Trinajstić information content (AvgIpc) is 2.84. The second-order valence-electron chi connectivity index (χ2n) is 5.63. The molecule has 120 valence electrons. The lowest BCUT2D eigenvalue weighted by atomic mass is 10.2. The minimum absolute atomic E-state index is 0.0725. The van der Waals surface area contributed by atoms with E-state index in [1.165, 1.54) is 37.4 Å². The monoisotopic (exact) mass is 314 g/mol. The zero-order chi connectivity index (χ0) is 16.1. The van der Waals surface area contributed by atoms with Gasteiger partial charge in [0.15, 0.2) is 0 Å². The van der Waals surface area contributed by atoms with Gasteiger partial charge in [0.1, 0.15) is 17.3 Å². The van der Waals surface area contributed by atoms with Crippen molar-refractivity contribution >= 4 is 17.4 Å². The molecule has 5 nitrogen and oxygen atoms in total. The highest BCUT2D eigenvalue weighted by Crippen LogP contribution is 2.16. The lowest BCUT2D eigenvalue weighted by Gasteiger charge is -2.19. The number of halogens is 1. The van der Waals surface area contributed by atoms with Crippen molar-refractivity contribution in [2.24, 2.45) is 0 Å². The minimum Gasteiger partial charge on any atom is -0.339 e. The molecule has 0 bridgehead atoms. The largest absolute Gasteiger partial charge is 0.339 e. The molecular weight excluding hydrogens is 295 g/mol. The molecule has 0 radical (unpaired) electrons. The fraction of sp³-hybridized carbons (Fsp3) is 0.353. The van der Waals surface area contributed by atoms with Crippen LogP contribution < -0.4 is 5.32 Å². The summed E-state index contributed by atoms with van der Waals surface area (Å²) in [5, 5.41) is 2.96. The molecule has 1 amide bonds. The fourth-order valence-corrected chi connectivity index (χ4v) is 2.65. The quantitative estimate of drug-likeness (QED) is 0.943. The number of hydrogen-bond acceptors (Lipinski definition) is 4. The topological polar surface area (TPSA) is 58.1 Å². The van der Waals surface area contributed by atoms with Crippen molar-refractivity contribution in [2.75, 3.05) is 18.4 Å². The first kappa shape index (κ1) is 15.4. The van der Waals surface area contributed by atoms with Gasteiger partial charge in [0.05, 0.1) is 12.4 Å². The van der Waals surface area contributed by atoms with Crippen molar-refractivity contribution in [1.82, 2.24) is 14.9 Å². The molecule has 2 aromatic rings. The van der Waals surface area contributed by atoms with Crippen LogP contribution in [0, 0.1) is 5.82 Å². The molecule has 0 aliphatic carbocycles. The third-order valence-corrected chi connectivity index (χ3v) is 3.86. The summed E-state index contributed by atoms with van der Waals surface area (Å²) in [5.41, 5.74) is 0.933. The van der Waals surface area contributed by atoms with Gasteiger partial charge in [0.2, 0.25) is 0 Å². The molecule has 1 fully saturated rings. The van der Waals surface area contributed by atoms with E-state index >= 15 is 0 Å². The van der Waals surface area contributed by atoms with E-state index in [1.54, 1.807) is 12.1 Å². The Morgan fingerprint density at radius 1 is 1.09 bits per heavy atom. The zero-order valence-electron chi connectivity index (χ0n) is 12.8. The van der Waals surface area contributed by atoms with Gasteiger partial charge in [0, 0.05) is 18.8 Å². The maximum atomic E-state index is 13.2. The standard InChI is InChI=1S/C17H19FN4O/c18-13-6-5-7-14(10-13)21-16-12-19-15(11-20-16)17(23)22-8-3-1-2-4-9-22/h5-7,10-12H,1-4,8-9H2,(H,20,21). The first-order valence-electron chi connectivity index (χ1n) is 7.86. The Kier molecular flexibility index (Phi) is 4.80. The Bertz CT molecular complexity index is 667. The normalized spacial score (nSPS) is 15.1. The van der Waals surface area contributed by atoms with Gasteiger partial charge in [-0.1, -0.05) is 18.9 Å². The summed E-state index contributed by atoms with van der Waals surface area (Å²) < 4.78 is 13.2. The number of rotatable bonds is 3. The van der Waals surface area contributed by atoms with Crippen LogP contribution in [-0.2, 0) is 0 Å². The molecule has 0 unspecified atom stereocenters. The molecule has 1 saturated heterocycles. The number of carbonyl (C=O) groups is 1. The van der Waals surface area contributed by atoms with Crippen LogP contribution in [0.3, 0.4) is 0 Å². The molecule has 0 saturated carbocycles. The summed E-state index contributed by atoms with van der Waals surface area (Å²) in [5.74, 6) is 0.0793.